The van der Waals surface area contributed by atoms with Gasteiger partial charge in [0, 0.05) is 5.39 Å². The van der Waals surface area contributed by atoms with Gasteiger partial charge in [-0.1, -0.05) is 41.9 Å². The van der Waals surface area contributed by atoms with Crippen molar-refractivity contribution in [1.82, 2.24) is 4.57 Å². The molecule has 0 aliphatic carbocycles. The normalized spacial score (nSPS) is 11.0. The van der Waals surface area contributed by atoms with Crippen LogP contribution in [0.1, 0.15) is 0 Å². The maximum Gasteiger partial charge on any atom is 0.323 e. The van der Waals surface area contributed by atoms with Gasteiger partial charge in [0.15, 0.2) is 11.2 Å². The highest BCUT2D eigenvalue weighted by atomic mass is 35.5. The summed E-state index contributed by atoms with van der Waals surface area (Å²) in [6, 6.07) is 19.1. The zero-order valence-corrected chi connectivity index (χ0v) is 14.8. The van der Waals surface area contributed by atoms with E-state index in [-0.39, 0.29) is 17.7 Å². The lowest BCUT2D eigenvalue weighted by atomic mass is 10.1. The summed E-state index contributed by atoms with van der Waals surface area (Å²) in [5, 5.41) is 10.5. The smallest absolute Gasteiger partial charge is 0.323 e. The number of pyridine rings is 1. The van der Waals surface area contributed by atoms with E-state index in [9.17, 15) is 14.7 Å². The minimum absolute atomic E-state index is 0.197. The van der Waals surface area contributed by atoms with Gasteiger partial charge in [-0.15, -0.1) is 0 Å². The maximum atomic E-state index is 13.0. The minimum Gasteiger partial charge on any atom is -0.480 e. The Morgan fingerprint density at radius 2 is 1.67 bits per heavy atom. The largest absolute Gasteiger partial charge is 0.480 e. The van der Waals surface area contributed by atoms with E-state index in [2.05, 4.69) is 0 Å². The fourth-order valence-corrected chi connectivity index (χ4v) is 3.36. The second-order valence-electron chi connectivity index (χ2n) is 6.01. The predicted molar refractivity (Wildman–Crippen MR) is 105 cm³/mol. The number of carbonyl (C=O) groups is 1. The molecule has 0 saturated carbocycles. The van der Waals surface area contributed by atoms with Crippen LogP contribution in [0.25, 0.3) is 21.8 Å². The first-order valence-corrected chi connectivity index (χ1v) is 8.62. The summed E-state index contributed by atoms with van der Waals surface area (Å²) >= 11 is 6.38. The zero-order chi connectivity index (χ0) is 19.0. The van der Waals surface area contributed by atoms with Crippen molar-refractivity contribution in [1.29, 1.82) is 0 Å². The van der Waals surface area contributed by atoms with E-state index in [1.807, 2.05) is 18.2 Å². The predicted octanol–water partition coefficient (Wildman–Crippen LogP) is 4.69. The third kappa shape index (κ3) is 3.02. The molecule has 0 radical (unpaired) electrons. The highest BCUT2D eigenvalue weighted by Gasteiger charge is 2.19. The highest BCUT2D eigenvalue weighted by Crippen LogP contribution is 2.37. The standard InChI is InChI=1S/C21H14ClNO4/c22-16-11-10-15-19(21(16)27-13-6-2-1-3-7-13)23(12-18(24)25)17-9-5-4-8-14(17)20(15)26/h1-11H,12H2,(H,24,25). The van der Waals surface area contributed by atoms with Crippen LogP contribution >= 0.6 is 11.6 Å². The van der Waals surface area contributed by atoms with Crippen LogP contribution in [0, 0.1) is 0 Å². The quantitative estimate of drug-likeness (QED) is 0.522. The Bertz CT molecular complexity index is 1230. The number of fused-ring (bicyclic) bond motifs is 2. The van der Waals surface area contributed by atoms with Gasteiger partial charge in [0.05, 0.1) is 21.4 Å². The van der Waals surface area contributed by atoms with E-state index < -0.39 is 5.97 Å². The lowest BCUT2D eigenvalue weighted by Gasteiger charge is -2.17. The molecule has 4 rings (SSSR count). The topological polar surface area (TPSA) is 68.5 Å². The van der Waals surface area contributed by atoms with Crippen LogP contribution in [0.15, 0.2) is 71.5 Å². The molecule has 0 bridgehead atoms. The third-order valence-corrected chi connectivity index (χ3v) is 4.59. The molecule has 1 aromatic heterocycles. The Balaban J connectivity index is 2.13. The summed E-state index contributed by atoms with van der Waals surface area (Å²) in [4.78, 5) is 24.5. The first kappa shape index (κ1) is 17.1. The van der Waals surface area contributed by atoms with Gasteiger partial charge in [-0.3, -0.25) is 9.59 Å². The Morgan fingerprint density at radius 3 is 2.41 bits per heavy atom. The van der Waals surface area contributed by atoms with Crippen molar-refractivity contribution in [2.45, 2.75) is 6.54 Å². The number of aliphatic carboxylic acids is 1. The third-order valence-electron chi connectivity index (χ3n) is 4.29. The lowest BCUT2D eigenvalue weighted by molar-refractivity contribution is -0.137. The second-order valence-corrected chi connectivity index (χ2v) is 6.42. The summed E-state index contributed by atoms with van der Waals surface area (Å²) in [6.45, 7) is -0.331. The van der Waals surface area contributed by atoms with E-state index in [0.29, 0.717) is 32.6 Å². The summed E-state index contributed by atoms with van der Waals surface area (Å²) < 4.78 is 7.52. The number of ether oxygens (including phenoxy) is 1. The molecule has 3 aromatic carbocycles. The molecular formula is C21H14ClNO4. The van der Waals surface area contributed by atoms with Crippen molar-refractivity contribution < 1.29 is 14.6 Å². The monoisotopic (exact) mass is 379 g/mol. The van der Waals surface area contributed by atoms with Crippen molar-refractivity contribution >= 4 is 39.4 Å². The first-order valence-electron chi connectivity index (χ1n) is 8.24. The number of halogens is 1. The van der Waals surface area contributed by atoms with Gasteiger partial charge < -0.3 is 14.4 Å². The molecule has 4 aromatic rings. The Labute approximate surface area is 159 Å². The lowest BCUT2D eigenvalue weighted by Crippen LogP contribution is -2.16. The number of nitrogens with zero attached hydrogens (tertiary/aromatic N) is 1. The van der Waals surface area contributed by atoms with Crippen molar-refractivity contribution in [2.24, 2.45) is 0 Å². The number of benzene rings is 3. The molecule has 1 heterocycles. The summed E-state index contributed by atoms with van der Waals surface area (Å²) in [5.41, 5.74) is 0.673. The highest BCUT2D eigenvalue weighted by molar-refractivity contribution is 6.33. The second kappa shape index (κ2) is 6.78. The van der Waals surface area contributed by atoms with Gasteiger partial charge >= 0.3 is 5.97 Å². The molecule has 0 spiro atoms. The molecule has 5 nitrogen and oxygen atoms in total. The Kier molecular flexibility index (Phi) is 4.30. The van der Waals surface area contributed by atoms with Crippen LogP contribution in [0.3, 0.4) is 0 Å². The summed E-state index contributed by atoms with van der Waals surface area (Å²) in [6.07, 6.45) is 0. The molecule has 0 saturated heterocycles. The van der Waals surface area contributed by atoms with E-state index in [4.69, 9.17) is 16.3 Å². The van der Waals surface area contributed by atoms with Crippen LogP contribution in [0.2, 0.25) is 5.02 Å². The Morgan fingerprint density at radius 1 is 0.963 bits per heavy atom. The van der Waals surface area contributed by atoms with E-state index >= 15 is 0 Å². The van der Waals surface area contributed by atoms with Gasteiger partial charge in [0.1, 0.15) is 12.3 Å². The fraction of sp³-hybridized carbons (Fsp3) is 0.0476. The molecule has 134 valence electrons. The number of para-hydroxylation sites is 2. The molecule has 27 heavy (non-hydrogen) atoms. The van der Waals surface area contributed by atoms with Gasteiger partial charge in [0.2, 0.25) is 0 Å². The van der Waals surface area contributed by atoms with Gasteiger partial charge in [-0.2, -0.15) is 0 Å². The minimum atomic E-state index is -1.03. The molecule has 0 amide bonds. The van der Waals surface area contributed by atoms with Crippen LogP contribution in [0.4, 0.5) is 0 Å². The van der Waals surface area contributed by atoms with Gasteiger partial charge in [-0.05, 0) is 36.4 Å². The zero-order valence-electron chi connectivity index (χ0n) is 14.1. The molecule has 0 unspecified atom stereocenters. The number of rotatable bonds is 4. The number of aromatic nitrogens is 1. The Hall–Kier alpha value is -3.31. The van der Waals surface area contributed by atoms with Gasteiger partial charge in [0.25, 0.3) is 0 Å². The molecule has 0 aliphatic heterocycles. The number of carboxylic acids is 1. The van der Waals surface area contributed by atoms with Crippen LogP contribution < -0.4 is 10.2 Å². The van der Waals surface area contributed by atoms with Crippen molar-refractivity contribution in [2.75, 3.05) is 0 Å². The number of hydrogen-bond donors (Lipinski definition) is 1. The van der Waals surface area contributed by atoms with E-state index in [0.717, 1.165) is 0 Å². The number of hydrogen-bond acceptors (Lipinski definition) is 3. The SMILES string of the molecule is O=C(O)Cn1c2ccccc2c(=O)c2ccc(Cl)c(Oc3ccccc3)c21. The van der Waals surface area contributed by atoms with Crippen LogP contribution in [-0.4, -0.2) is 15.6 Å². The van der Waals surface area contributed by atoms with Gasteiger partial charge in [-0.25, -0.2) is 0 Å². The summed E-state index contributed by atoms with van der Waals surface area (Å²) in [5.74, 6) is -0.241. The number of carboxylic acid groups (broad SMARTS) is 1. The average Bonchev–Trinajstić information content (AvgIpc) is 2.67. The maximum absolute atomic E-state index is 13.0. The summed E-state index contributed by atoms with van der Waals surface area (Å²) in [7, 11) is 0. The van der Waals surface area contributed by atoms with E-state index in [1.54, 1.807) is 53.1 Å². The molecule has 0 atom stereocenters. The van der Waals surface area contributed by atoms with Crippen LogP contribution in [-0.2, 0) is 11.3 Å². The average molecular weight is 380 g/mol. The first-order chi connectivity index (χ1) is 13.1. The molecule has 0 fully saturated rings. The van der Waals surface area contributed by atoms with Crippen molar-refractivity contribution in [3.63, 3.8) is 0 Å². The van der Waals surface area contributed by atoms with Crippen molar-refractivity contribution in [3.8, 4) is 11.5 Å². The van der Waals surface area contributed by atoms with Crippen LogP contribution in [0.5, 0.6) is 11.5 Å². The molecule has 6 heteroatoms. The molecule has 1 N–H and O–H groups in total. The van der Waals surface area contributed by atoms with E-state index in [1.165, 1.54) is 0 Å². The van der Waals surface area contributed by atoms with Crippen molar-refractivity contribution in [3.05, 3.63) is 82.0 Å². The fourth-order valence-electron chi connectivity index (χ4n) is 3.17. The molecular weight excluding hydrogens is 366 g/mol. The molecule has 0 aliphatic rings.